The summed E-state index contributed by atoms with van der Waals surface area (Å²) in [6.45, 7) is 2.05. The van der Waals surface area contributed by atoms with Gasteiger partial charge in [-0.1, -0.05) is 12.1 Å². The first kappa shape index (κ1) is 6.52. The summed E-state index contributed by atoms with van der Waals surface area (Å²) in [6.07, 6.45) is 2.75. The molecule has 0 radical (unpaired) electrons. The van der Waals surface area contributed by atoms with Crippen LogP contribution in [0.1, 0.15) is 36.3 Å². The lowest BCUT2D eigenvalue weighted by molar-refractivity contribution is 0.111. The normalized spacial score (nSPS) is 19.7. The quantitative estimate of drug-likeness (QED) is 0.591. The second-order valence-electron chi connectivity index (χ2n) is 3.14. The van der Waals surface area contributed by atoms with Crippen LogP contribution in [0.5, 0.6) is 0 Å². The predicted molar refractivity (Wildman–Crippen MR) is 36.3 cm³/mol. The molecule has 1 aliphatic carbocycles. The van der Waals surface area contributed by atoms with E-state index in [1.54, 1.807) is 0 Å². The van der Waals surface area contributed by atoms with Crippen molar-refractivity contribution in [1.82, 2.24) is 10.1 Å². The Morgan fingerprint density at radius 3 is 2.82 bits per heavy atom. The Bertz CT molecular complexity index is 288. The van der Waals surface area contributed by atoms with E-state index in [9.17, 15) is 4.79 Å². The SMILES string of the molecule is CC1(c2nc(C=O)no2)CC1. The standard InChI is InChI=1S/C7H8N2O2/c1-7(2-3-7)6-8-5(4-10)9-11-6/h4H,2-3H2,1H3. The fourth-order valence-electron chi connectivity index (χ4n) is 0.929. The molecule has 0 bridgehead atoms. The van der Waals surface area contributed by atoms with E-state index < -0.39 is 0 Å². The summed E-state index contributed by atoms with van der Waals surface area (Å²) in [7, 11) is 0. The van der Waals surface area contributed by atoms with Crippen LogP contribution in [0.2, 0.25) is 0 Å². The molecule has 0 atom stereocenters. The number of aldehydes is 1. The Hall–Kier alpha value is -1.19. The van der Waals surface area contributed by atoms with Crippen LogP contribution in [0.15, 0.2) is 4.52 Å². The highest BCUT2D eigenvalue weighted by Crippen LogP contribution is 2.46. The molecule has 0 amide bonds. The van der Waals surface area contributed by atoms with Crippen molar-refractivity contribution >= 4 is 6.29 Å². The minimum Gasteiger partial charge on any atom is -0.338 e. The van der Waals surface area contributed by atoms with Gasteiger partial charge in [-0.3, -0.25) is 4.79 Å². The average Bonchev–Trinajstić information content (AvgIpc) is 2.61. The first-order chi connectivity index (χ1) is 5.24. The number of carbonyl (C=O) groups excluding carboxylic acids is 1. The monoisotopic (exact) mass is 152 g/mol. The maximum Gasteiger partial charge on any atom is 0.235 e. The molecule has 1 heterocycles. The van der Waals surface area contributed by atoms with Crippen molar-refractivity contribution in [2.45, 2.75) is 25.2 Å². The zero-order valence-electron chi connectivity index (χ0n) is 6.20. The van der Waals surface area contributed by atoms with Crippen LogP contribution in [0.3, 0.4) is 0 Å². The van der Waals surface area contributed by atoms with E-state index in [0.717, 1.165) is 12.8 Å². The highest BCUT2D eigenvalue weighted by molar-refractivity contribution is 5.68. The van der Waals surface area contributed by atoms with Gasteiger partial charge in [-0.2, -0.15) is 4.98 Å². The van der Waals surface area contributed by atoms with Gasteiger partial charge in [0.15, 0.2) is 6.29 Å². The highest BCUT2D eigenvalue weighted by atomic mass is 16.5. The Labute approximate surface area is 63.6 Å². The van der Waals surface area contributed by atoms with Gasteiger partial charge >= 0.3 is 0 Å². The third kappa shape index (κ3) is 0.943. The van der Waals surface area contributed by atoms with Gasteiger partial charge in [-0.25, -0.2) is 0 Å². The molecule has 1 aliphatic rings. The smallest absolute Gasteiger partial charge is 0.235 e. The third-order valence-corrected chi connectivity index (χ3v) is 2.06. The second kappa shape index (κ2) is 1.90. The average molecular weight is 152 g/mol. The molecular weight excluding hydrogens is 144 g/mol. The summed E-state index contributed by atoms with van der Waals surface area (Å²) in [5, 5.41) is 3.49. The molecule has 0 aromatic carbocycles. The van der Waals surface area contributed by atoms with Crippen molar-refractivity contribution in [3.8, 4) is 0 Å². The molecule has 1 aromatic heterocycles. The highest BCUT2D eigenvalue weighted by Gasteiger charge is 2.44. The molecule has 1 fully saturated rings. The lowest BCUT2D eigenvalue weighted by Crippen LogP contribution is -1.99. The van der Waals surface area contributed by atoms with Gasteiger partial charge < -0.3 is 4.52 Å². The molecule has 0 unspecified atom stereocenters. The Morgan fingerprint density at radius 2 is 2.36 bits per heavy atom. The lowest BCUT2D eigenvalue weighted by atomic mass is 10.1. The first-order valence-electron chi connectivity index (χ1n) is 3.54. The van der Waals surface area contributed by atoms with Gasteiger partial charge in [0.1, 0.15) is 0 Å². The summed E-state index contributed by atoms with van der Waals surface area (Å²) in [4.78, 5) is 14.1. The van der Waals surface area contributed by atoms with E-state index in [4.69, 9.17) is 4.52 Å². The van der Waals surface area contributed by atoms with Crippen molar-refractivity contribution in [2.24, 2.45) is 0 Å². The number of carbonyl (C=O) groups is 1. The van der Waals surface area contributed by atoms with Crippen LogP contribution in [0, 0.1) is 0 Å². The molecule has 1 aromatic rings. The first-order valence-corrected chi connectivity index (χ1v) is 3.54. The van der Waals surface area contributed by atoms with E-state index in [-0.39, 0.29) is 11.2 Å². The van der Waals surface area contributed by atoms with Crippen molar-refractivity contribution in [3.05, 3.63) is 11.7 Å². The lowest BCUT2D eigenvalue weighted by Gasteiger charge is -1.96. The Kier molecular flexibility index (Phi) is 1.13. The molecular formula is C7H8N2O2. The van der Waals surface area contributed by atoms with Gasteiger partial charge in [0.05, 0.1) is 0 Å². The minimum absolute atomic E-state index is 0.0637. The number of hydrogen-bond donors (Lipinski definition) is 0. The summed E-state index contributed by atoms with van der Waals surface area (Å²) < 4.78 is 4.89. The summed E-state index contributed by atoms with van der Waals surface area (Å²) in [6, 6.07) is 0. The van der Waals surface area contributed by atoms with Gasteiger partial charge in [0, 0.05) is 5.41 Å². The Balaban J connectivity index is 2.32. The second-order valence-corrected chi connectivity index (χ2v) is 3.14. The maximum absolute atomic E-state index is 10.2. The fraction of sp³-hybridized carbons (Fsp3) is 0.571. The van der Waals surface area contributed by atoms with Gasteiger partial charge in [0.25, 0.3) is 0 Å². The van der Waals surface area contributed by atoms with E-state index >= 15 is 0 Å². The minimum atomic E-state index is 0.0637. The third-order valence-electron chi connectivity index (χ3n) is 2.06. The van der Waals surface area contributed by atoms with Crippen molar-refractivity contribution in [1.29, 1.82) is 0 Å². The Morgan fingerprint density at radius 1 is 1.64 bits per heavy atom. The van der Waals surface area contributed by atoms with Crippen LogP contribution in [-0.2, 0) is 5.41 Å². The zero-order valence-corrected chi connectivity index (χ0v) is 6.20. The van der Waals surface area contributed by atoms with Gasteiger partial charge in [0.2, 0.25) is 11.7 Å². The fourth-order valence-corrected chi connectivity index (χ4v) is 0.929. The van der Waals surface area contributed by atoms with E-state index in [2.05, 4.69) is 17.1 Å². The van der Waals surface area contributed by atoms with Crippen LogP contribution < -0.4 is 0 Å². The maximum atomic E-state index is 10.2. The van der Waals surface area contributed by atoms with Crippen molar-refractivity contribution < 1.29 is 9.32 Å². The summed E-state index contributed by atoms with van der Waals surface area (Å²) in [5.74, 6) is 0.743. The molecule has 58 valence electrons. The van der Waals surface area contributed by atoms with Crippen molar-refractivity contribution in [3.63, 3.8) is 0 Å². The summed E-state index contributed by atoms with van der Waals surface area (Å²) >= 11 is 0. The van der Waals surface area contributed by atoms with Gasteiger partial charge in [-0.15, -0.1) is 0 Å². The molecule has 0 N–H and O–H groups in total. The van der Waals surface area contributed by atoms with E-state index in [1.807, 2.05) is 0 Å². The van der Waals surface area contributed by atoms with Crippen LogP contribution in [0.25, 0.3) is 0 Å². The molecule has 2 rings (SSSR count). The molecule has 0 aliphatic heterocycles. The number of nitrogens with zero attached hydrogens (tertiary/aromatic N) is 2. The van der Waals surface area contributed by atoms with E-state index in [1.165, 1.54) is 0 Å². The molecule has 0 saturated heterocycles. The van der Waals surface area contributed by atoms with E-state index in [0.29, 0.717) is 12.2 Å². The number of rotatable bonds is 2. The van der Waals surface area contributed by atoms with Crippen LogP contribution in [-0.4, -0.2) is 16.4 Å². The number of hydrogen-bond acceptors (Lipinski definition) is 4. The predicted octanol–water partition coefficient (Wildman–Crippen LogP) is 0.934. The molecule has 1 saturated carbocycles. The largest absolute Gasteiger partial charge is 0.338 e. The van der Waals surface area contributed by atoms with Crippen LogP contribution >= 0.6 is 0 Å². The molecule has 4 heteroatoms. The zero-order chi connectivity index (χ0) is 7.90. The summed E-state index contributed by atoms with van der Waals surface area (Å²) in [5.41, 5.74) is 0.0637. The van der Waals surface area contributed by atoms with Gasteiger partial charge in [-0.05, 0) is 12.8 Å². The van der Waals surface area contributed by atoms with Crippen LogP contribution in [0.4, 0.5) is 0 Å². The van der Waals surface area contributed by atoms with Crippen molar-refractivity contribution in [2.75, 3.05) is 0 Å². The topological polar surface area (TPSA) is 56.0 Å². The number of aromatic nitrogens is 2. The molecule has 4 nitrogen and oxygen atoms in total. The molecule has 11 heavy (non-hydrogen) atoms. The molecule has 0 spiro atoms.